The fourth-order valence-electron chi connectivity index (χ4n) is 1.01. The number of hydrogen-bond acceptors (Lipinski definition) is 1. The second-order valence-electron chi connectivity index (χ2n) is 3.17. The number of benzene rings is 1. The zero-order chi connectivity index (χ0) is 12.2. The molecule has 0 aliphatic heterocycles. The van der Waals surface area contributed by atoms with Crippen LogP contribution in [0.3, 0.4) is 0 Å². The lowest BCUT2D eigenvalue weighted by Crippen LogP contribution is -2.15. The molecular weight excluding hydrogens is 259 g/mol. The zero-order valence-corrected chi connectivity index (χ0v) is 9.66. The largest absolute Gasteiger partial charge is 0.326 e. The van der Waals surface area contributed by atoms with Crippen LogP contribution in [0.25, 0.3) is 0 Å². The minimum atomic E-state index is -3.34. The Bertz CT molecular complexity index is 362. The molecule has 1 amide bonds. The van der Waals surface area contributed by atoms with E-state index in [-0.39, 0.29) is 6.42 Å². The van der Waals surface area contributed by atoms with Crippen molar-refractivity contribution in [3.63, 3.8) is 0 Å². The van der Waals surface area contributed by atoms with E-state index >= 15 is 0 Å². The molecule has 0 saturated carbocycles. The third-order valence-electron chi connectivity index (χ3n) is 1.76. The Balaban J connectivity index is 2.43. The number of amides is 1. The summed E-state index contributed by atoms with van der Waals surface area (Å²) in [6, 6.07) is 6.35. The zero-order valence-electron chi connectivity index (χ0n) is 8.14. The van der Waals surface area contributed by atoms with Crippen molar-refractivity contribution in [2.45, 2.75) is 18.2 Å². The second-order valence-corrected chi connectivity index (χ2v) is 4.16. The normalized spacial score (nSPS) is 11.2. The van der Waals surface area contributed by atoms with E-state index in [1.807, 2.05) is 0 Å². The highest BCUT2D eigenvalue weighted by atomic mass is 35.5. The van der Waals surface area contributed by atoms with Crippen molar-refractivity contribution >= 4 is 34.8 Å². The van der Waals surface area contributed by atoms with Gasteiger partial charge in [0.25, 0.3) is 0 Å². The summed E-state index contributed by atoms with van der Waals surface area (Å²) in [6.07, 6.45) is -1.02. The van der Waals surface area contributed by atoms with Crippen LogP contribution >= 0.6 is 23.2 Å². The number of hydrogen-bond donors (Lipinski definition) is 1. The van der Waals surface area contributed by atoms with Crippen molar-refractivity contribution in [1.82, 2.24) is 0 Å². The molecule has 0 heterocycles. The second kappa shape index (κ2) is 5.46. The van der Waals surface area contributed by atoms with Crippen LogP contribution in [0.15, 0.2) is 24.3 Å². The summed E-state index contributed by atoms with van der Waals surface area (Å²) < 4.78 is 24.5. The third kappa shape index (κ3) is 5.28. The molecule has 0 spiro atoms. The summed E-state index contributed by atoms with van der Waals surface area (Å²) in [5, 5.41) is -0.351. The Kier molecular flexibility index (Phi) is 4.50. The first kappa shape index (κ1) is 13.2. The van der Waals surface area contributed by atoms with Gasteiger partial charge in [-0.05, 0) is 35.9 Å². The van der Waals surface area contributed by atoms with Crippen LogP contribution in [-0.4, -0.2) is 11.3 Å². The molecule has 1 N–H and O–H groups in total. The van der Waals surface area contributed by atoms with E-state index in [0.717, 1.165) is 0 Å². The van der Waals surface area contributed by atoms with Gasteiger partial charge in [-0.3, -0.25) is 4.79 Å². The highest BCUT2D eigenvalue weighted by Gasteiger charge is 2.25. The Labute approximate surface area is 102 Å². The SMILES string of the molecule is O=C(CCC(F)(F)Cl)Nc1ccc(Cl)cc1. The summed E-state index contributed by atoms with van der Waals surface area (Å²) in [6.45, 7) is 0. The predicted octanol–water partition coefficient (Wildman–Crippen LogP) is 3.89. The maximum absolute atomic E-state index is 12.2. The number of rotatable bonds is 4. The van der Waals surface area contributed by atoms with Gasteiger partial charge in [-0.25, -0.2) is 0 Å². The van der Waals surface area contributed by atoms with E-state index in [9.17, 15) is 13.6 Å². The monoisotopic (exact) mass is 267 g/mol. The van der Waals surface area contributed by atoms with Crippen molar-refractivity contribution in [3.8, 4) is 0 Å². The summed E-state index contributed by atoms with van der Waals surface area (Å²) in [4.78, 5) is 11.2. The Morgan fingerprint density at radius 1 is 1.31 bits per heavy atom. The highest BCUT2D eigenvalue weighted by molar-refractivity contribution is 6.30. The van der Waals surface area contributed by atoms with E-state index in [1.165, 1.54) is 0 Å². The molecule has 0 aromatic heterocycles. The van der Waals surface area contributed by atoms with Gasteiger partial charge in [0, 0.05) is 23.6 Å². The van der Waals surface area contributed by atoms with E-state index in [1.54, 1.807) is 24.3 Å². The summed E-state index contributed by atoms with van der Waals surface area (Å²) in [5.74, 6) is -0.511. The topological polar surface area (TPSA) is 29.1 Å². The first-order valence-electron chi connectivity index (χ1n) is 4.49. The van der Waals surface area contributed by atoms with Gasteiger partial charge in [0.2, 0.25) is 5.91 Å². The van der Waals surface area contributed by atoms with Crippen LogP contribution in [0.5, 0.6) is 0 Å². The van der Waals surface area contributed by atoms with E-state index in [2.05, 4.69) is 16.9 Å². The van der Waals surface area contributed by atoms with Gasteiger partial charge in [0.1, 0.15) is 0 Å². The molecule has 0 aliphatic carbocycles. The minimum absolute atomic E-state index is 0.334. The van der Waals surface area contributed by atoms with Crippen LogP contribution < -0.4 is 5.32 Å². The van der Waals surface area contributed by atoms with Crippen LogP contribution in [0.2, 0.25) is 5.02 Å². The number of nitrogens with one attached hydrogen (secondary N) is 1. The minimum Gasteiger partial charge on any atom is -0.326 e. The van der Waals surface area contributed by atoms with Gasteiger partial charge >= 0.3 is 5.38 Å². The average molecular weight is 268 g/mol. The van der Waals surface area contributed by atoms with Gasteiger partial charge in [-0.2, -0.15) is 8.78 Å². The smallest absolute Gasteiger partial charge is 0.322 e. The van der Waals surface area contributed by atoms with Crippen LogP contribution in [0.4, 0.5) is 14.5 Å². The molecule has 0 radical (unpaired) electrons. The van der Waals surface area contributed by atoms with Crippen molar-refractivity contribution in [1.29, 1.82) is 0 Å². The average Bonchev–Trinajstić information content (AvgIpc) is 2.18. The first-order chi connectivity index (χ1) is 7.37. The van der Waals surface area contributed by atoms with Crippen molar-refractivity contribution < 1.29 is 13.6 Å². The van der Waals surface area contributed by atoms with Gasteiger partial charge in [0.05, 0.1) is 0 Å². The maximum Gasteiger partial charge on any atom is 0.322 e. The molecule has 1 aromatic rings. The molecular formula is C10H9Cl2F2NO. The molecule has 88 valence electrons. The molecule has 0 atom stereocenters. The van der Waals surface area contributed by atoms with E-state index in [4.69, 9.17) is 11.6 Å². The van der Waals surface area contributed by atoms with Crippen molar-refractivity contribution in [2.75, 3.05) is 5.32 Å². The number of carbonyl (C=O) groups excluding carboxylic acids is 1. The van der Waals surface area contributed by atoms with Crippen LogP contribution in [0, 0.1) is 0 Å². The van der Waals surface area contributed by atoms with Gasteiger partial charge in [-0.15, -0.1) is 0 Å². The van der Waals surface area contributed by atoms with Crippen molar-refractivity contribution in [2.24, 2.45) is 0 Å². The molecule has 0 aliphatic rings. The van der Waals surface area contributed by atoms with Gasteiger partial charge < -0.3 is 5.32 Å². The molecule has 16 heavy (non-hydrogen) atoms. The lowest BCUT2D eigenvalue weighted by molar-refractivity contribution is -0.117. The maximum atomic E-state index is 12.2. The molecule has 1 aromatic carbocycles. The highest BCUT2D eigenvalue weighted by Crippen LogP contribution is 2.25. The molecule has 0 saturated heterocycles. The standard InChI is InChI=1S/C10H9Cl2F2NO/c11-7-1-3-8(4-2-7)15-9(16)5-6-10(12,13)14/h1-4H,5-6H2,(H,15,16). The molecule has 2 nitrogen and oxygen atoms in total. The van der Waals surface area contributed by atoms with Crippen molar-refractivity contribution in [3.05, 3.63) is 29.3 Å². The number of halogens is 4. The molecule has 1 rings (SSSR count). The van der Waals surface area contributed by atoms with Crippen LogP contribution in [-0.2, 0) is 4.79 Å². The van der Waals surface area contributed by atoms with E-state index in [0.29, 0.717) is 10.7 Å². The molecule has 0 unspecified atom stereocenters. The molecule has 6 heteroatoms. The Hall–Kier alpha value is -0.870. The Morgan fingerprint density at radius 2 is 1.88 bits per heavy atom. The summed E-state index contributed by atoms with van der Waals surface area (Å²) in [5.41, 5.74) is 0.507. The lowest BCUT2D eigenvalue weighted by Gasteiger charge is -2.08. The molecule has 0 bridgehead atoms. The molecule has 0 fully saturated rings. The predicted molar refractivity (Wildman–Crippen MR) is 60.1 cm³/mol. The summed E-state index contributed by atoms with van der Waals surface area (Å²) >= 11 is 10.3. The summed E-state index contributed by atoms with van der Waals surface area (Å²) in [7, 11) is 0. The van der Waals surface area contributed by atoms with Crippen LogP contribution in [0.1, 0.15) is 12.8 Å². The fraction of sp³-hybridized carbons (Fsp3) is 0.300. The fourth-order valence-corrected chi connectivity index (χ4v) is 1.23. The van der Waals surface area contributed by atoms with Gasteiger partial charge in [-0.1, -0.05) is 11.6 Å². The number of carbonyl (C=O) groups is 1. The first-order valence-corrected chi connectivity index (χ1v) is 5.24. The third-order valence-corrected chi connectivity index (χ3v) is 2.20. The number of alkyl halides is 3. The lowest BCUT2D eigenvalue weighted by atomic mass is 10.2. The van der Waals surface area contributed by atoms with Gasteiger partial charge in [0.15, 0.2) is 0 Å². The number of anilines is 1. The quantitative estimate of drug-likeness (QED) is 0.824. The van der Waals surface area contributed by atoms with E-state index < -0.39 is 17.7 Å². The Morgan fingerprint density at radius 3 is 2.38 bits per heavy atom.